The molecule has 0 spiro atoms. The molecule has 0 amide bonds. The van der Waals surface area contributed by atoms with Crippen LogP contribution in [0.1, 0.15) is 25.7 Å². The molecule has 2 fully saturated rings. The van der Waals surface area contributed by atoms with Crippen LogP contribution in [0.4, 0.5) is 0 Å². The van der Waals surface area contributed by atoms with Gasteiger partial charge in [-0.3, -0.25) is 4.90 Å². The molecule has 2 rings (SSSR count). The summed E-state index contributed by atoms with van der Waals surface area (Å²) < 4.78 is 5.19. The molecule has 12 heavy (non-hydrogen) atoms. The van der Waals surface area contributed by atoms with E-state index in [9.17, 15) is 0 Å². The van der Waals surface area contributed by atoms with E-state index in [2.05, 4.69) is 4.90 Å². The van der Waals surface area contributed by atoms with Crippen LogP contribution in [0.2, 0.25) is 0 Å². The first-order valence-corrected chi connectivity index (χ1v) is 5.76. The second-order valence-electron chi connectivity index (χ2n) is 4.01. The van der Waals surface area contributed by atoms with Gasteiger partial charge < -0.3 is 3.07 Å². The van der Waals surface area contributed by atoms with Crippen LogP contribution in [0, 0.1) is 5.92 Å². The van der Waals surface area contributed by atoms with Crippen molar-refractivity contribution in [2.24, 2.45) is 5.92 Å². The van der Waals surface area contributed by atoms with Crippen molar-refractivity contribution in [2.75, 3.05) is 19.7 Å². The molecule has 70 valence electrons. The van der Waals surface area contributed by atoms with Gasteiger partial charge in [0.15, 0.2) is 0 Å². The predicted molar refractivity (Wildman–Crippen MR) is 57.3 cm³/mol. The zero-order valence-electron chi connectivity index (χ0n) is 7.34. The Bertz CT molecular complexity index is 149. The predicted octanol–water partition coefficient (Wildman–Crippen LogP) is 2.23. The molecule has 1 aliphatic heterocycles. The summed E-state index contributed by atoms with van der Waals surface area (Å²) in [5.41, 5.74) is 0. The molecular weight excluding hydrogens is 265 g/mol. The molecule has 3 heteroatoms. The van der Waals surface area contributed by atoms with E-state index in [1.807, 2.05) is 23.0 Å². The first-order chi connectivity index (χ1) is 5.90. The van der Waals surface area contributed by atoms with Crippen LogP contribution in [0.15, 0.2) is 0 Å². The smallest absolute Gasteiger partial charge is 0.109 e. The van der Waals surface area contributed by atoms with Crippen LogP contribution in [-0.2, 0) is 3.07 Å². The Hall–Kier alpha value is 0.650. The van der Waals surface area contributed by atoms with Gasteiger partial charge in [0.05, 0.1) is 6.61 Å². The molecule has 1 atom stereocenters. The normalized spacial score (nSPS) is 31.2. The van der Waals surface area contributed by atoms with E-state index >= 15 is 0 Å². The third-order valence-corrected chi connectivity index (χ3v) is 3.30. The second kappa shape index (κ2) is 4.24. The fraction of sp³-hybridized carbons (Fsp3) is 1.00. The summed E-state index contributed by atoms with van der Waals surface area (Å²) in [6.45, 7) is 3.57. The molecule has 1 aliphatic carbocycles. The van der Waals surface area contributed by atoms with Crippen LogP contribution in [-0.4, -0.2) is 30.6 Å². The standard InChI is InChI=1S/C9H16INO/c10-12-7-9-2-1-5-11(9)6-8-3-4-8/h8-9H,1-7H2/t9-/m0/s1. The Labute approximate surface area is 88.3 Å². The van der Waals surface area contributed by atoms with Gasteiger partial charge in [-0.05, 0) is 38.1 Å². The average Bonchev–Trinajstić information content (AvgIpc) is 2.76. The summed E-state index contributed by atoms with van der Waals surface area (Å²) in [6, 6.07) is 0.725. The highest BCUT2D eigenvalue weighted by Crippen LogP contribution is 2.32. The summed E-state index contributed by atoms with van der Waals surface area (Å²) in [5, 5.41) is 0. The monoisotopic (exact) mass is 281 g/mol. The molecule has 0 radical (unpaired) electrons. The molecular formula is C9H16INO. The Morgan fingerprint density at radius 2 is 2.17 bits per heavy atom. The molecule has 1 saturated heterocycles. The lowest BCUT2D eigenvalue weighted by Gasteiger charge is -2.22. The number of nitrogens with zero attached hydrogens (tertiary/aromatic N) is 1. The topological polar surface area (TPSA) is 12.5 Å². The average molecular weight is 281 g/mol. The molecule has 0 aromatic rings. The van der Waals surface area contributed by atoms with Gasteiger partial charge in [0.1, 0.15) is 23.0 Å². The number of hydrogen-bond donors (Lipinski definition) is 0. The summed E-state index contributed by atoms with van der Waals surface area (Å²) in [4.78, 5) is 2.62. The maximum atomic E-state index is 5.19. The zero-order chi connectivity index (χ0) is 8.39. The lowest BCUT2D eigenvalue weighted by molar-refractivity contribution is 0.195. The number of rotatable bonds is 4. The van der Waals surface area contributed by atoms with E-state index in [1.165, 1.54) is 38.8 Å². The lowest BCUT2D eigenvalue weighted by Crippen LogP contribution is -2.33. The molecule has 0 unspecified atom stereocenters. The molecule has 2 aliphatic rings. The zero-order valence-corrected chi connectivity index (χ0v) is 9.50. The van der Waals surface area contributed by atoms with E-state index in [0.29, 0.717) is 0 Å². The maximum absolute atomic E-state index is 5.19. The van der Waals surface area contributed by atoms with Crippen molar-refractivity contribution in [3.05, 3.63) is 0 Å². The molecule has 0 aromatic carbocycles. The third kappa shape index (κ3) is 2.33. The molecule has 0 aromatic heterocycles. The summed E-state index contributed by atoms with van der Waals surface area (Å²) >= 11 is 2.01. The second-order valence-corrected chi connectivity index (χ2v) is 4.63. The summed E-state index contributed by atoms with van der Waals surface area (Å²) in [6.07, 6.45) is 5.65. The fourth-order valence-electron chi connectivity index (χ4n) is 2.03. The van der Waals surface area contributed by atoms with Gasteiger partial charge in [0.25, 0.3) is 0 Å². The van der Waals surface area contributed by atoms with Gasteiger partial charge in [0, 0.05) is 12.6 Å². The van der Waals surface area contributed by atoms with E-state index < -0.39 is 0 Å². The van der Waals surface area contributed by atoms with E-state index in [4.69, 9.17) is 3.07 Å². The van der Waals surface area contributed by atoms with Crippen molar-refractivity contribution < 1.29 is 3.07 Å². The molecule has 0 N–H and O–H groups in total. The number of likely N-dealkylation sites (tertiary alicyclic amines) is 1. The largest absolute Gasteiger partial charge is 0.314 e. The highest BCUT2D eigenvalue weighted by Gasteiger charge is 2.30. The molecule has 1 saturated carbocycles. The van der Waals surface area contributed by atoms with Gasteiger partial charge in [-0.2, -0.15) is 0 Å². The molecule has 0 bridgehead atoms. The van der Waals surface area contributed by atoms with Gasteiger partial charge in [-0.15, -0.1) is 0 Å². The van der Waals surface area contributed by atoms with E-state index in [0.717, 1.165) is 18.6 Å². The van der Waals surface area contributed by atoms with Crippen LogP contribution in [0.25, 0.3) is 0 Å². The van der Waals surface area contributed by atoms with Crippen molar-refractivity contribution >= 4 is 23.0 Å². The van der Waals surface area contributed by atoms with Crippen molar-refractivity contribution in [1.29, 1.82) is 0 Å². The highest BCUT2D eigenvalue weighted by molar-refractivity contribution is 14.1. The van der Waals surface area contributed by atoms with Crippen molar-refractivity contribution in [3.8, 4) is 0 Å². The quantitative estimate of drug-likeness (QED) is 0.733. The van der Waals surface area contributed by atoms with Crippen LogP contribution >= 0.6 is 23.0 Å². The summed E-state index contributed by atoms with van der Waals surface area (Å²) in [5.74, 6) is 1.03. The maximum Gasteiger partial charge on any atom is 0.109 e. The molecule has 2 nitrogen and oxygen atoms in total. The Morgan fingerprint density at radius 3 is 2.83 bits per heavy atom. The number of hydrogen-bond acceptors (Lipinski definition) is 2. The van der Waals surface area contributed by atoms with Crippen molar-refractivity contribution in [3.63, 3.8) is 0 Å². The van der Waals surface area contributed by atoms with Gasteiger partial charge >= 0.3 is 0 Å². The van der Waals surface area contributed by atoms with Crippen LogP contribution in [0.3, 0.4) is 0 Å². The first-order valence-electron chi connectivity index (χ1n) is 4.87. The first kappa shape index (κ1) is 9.21. The minimum Gasteiger partial charge on any atom is -0.314 e. The van der Waals surface area contributed by atoms with Crippen LogP contribution in [0.5, 0.6) is 0 Å². The Kier molecular flexibility index (Phi) is 3.26. The molecule has 1 heterocycles. The number of halogens is 1. The lowest BCUT2D eigenvalue weighted by atomic mass is 10.2. The fourth-order valence-corrected chi connectivity index (χ4v) is 2.44. The van der Waals surface area contributed by atoms with E-state index in [1.54, 1.807) is 0 Å². The third-order valence-electron chi connectivity index (χ3n) is 2.94. The minimum atomic E-state index is 0.725. The highest BCUT2D eigenvalue weighted by atomic mass is 127. The Morgan fingerprint density at radius 1 is 1.33 bits per heavy atom. The van der Waals surface area contributed by atoms with Crippen molar-refractivity contribution in [1.82, 2.24) is 4.90 Å². The van der Waals surface area contributed by atoms with E-state index in [-0.39, 0.29) is 0 Å². The van der Waals surface area contributed by atoms with Gasteiger partial charge in [-0.25, -0.2) is 0 Å². The Balaban J connectivity index is 1.76. The van der Waals surface area contributed by atoms with Gasteiger partial charge in [0.2, 0.25) is 0 Å². The van der Waals surface area contributed by atoms with Crippen molar-refractivity contribution in [2.45, 2.75) is 31.7 Å². The van der Waals surface area contributed by atoms with Gasteiger partial charge in [-0.1, -0.05) is 0 Å². The minimum absolute atomic E-state index is 0.725. The summed E-state index contributed by atoms with van der Waals surface area (Å²) in [7, 11) is 0. The van der Waals surface area contributed by atoms with Crippen LogP contribution < -0.4 is 0 Å². The SMILES string of the molecule is IOC[C@@H]1CCCN1CC1CC1.